The molecular formula is C12H19BrO3Si. The lowest BCUT2D eigenvalue weighted by Gasteiger charge is -2.28. The van der Waals surface area contributed by atoms with Gasteiger partial charge in [-0.25, -0.2) is 0 Å². The van der Waals surface area contributed by atoms with Crippen molar-refractivity contribution in [1.29, 1.82) is 0 Å². The van der Waals surface area contributed by atoms with Gasteiger partial charge in [-0.05, 0) is 32.9 Å². The second-order valence-corrected chi connectivity index (χ2v) is 6.84. The van der Waals surface area contributed by atoms with Crippen molar-refractivity contribution in [2.45, 2.75) is 20.8 Å². The molecule has 0 aliphatic heterocycles. The van der Waals surface area contributed by atoms with Crippen LogP contribution in [0.25, 0.3) is 0 Å². The molecule has 0 saturated heterocycles. The number of rotatable bonds is 7. The van der Waals surface area contributed by atoms with Gasteiger partial charge >= 0.3 is 8.80 Å². The molecule has 0 unspecified atom stereocenters. The average molecular weight is 319 g/mol. The molecule has 1 aromatic carbocycles. The largest absolute Gasteiger partial charge is 0.537 e. The van der Waals surface area contributed by atoms with E-state index in [0.717, 1.165) is 9.66 Å². The molecule has 1 aromatic rings. The van der Waals surface area contributed by atoms with Gasteiger partial charge in [-0.1, -0.05) is 28.1 Å². The van der Waals surface area contributed by atoms with Crippen molar-refractivity contribution in [2.24, 2.45) is 0 Å². The Morgan fingerprint density at radius 3 is 1.94 bits per heavy atom. The molecule has 0 N–H and O–H groups in total. The first-order chi connectivity index (χ1) is 8.18. The third-order valence-corrected chi connectivity index (χ3v) is 5.70. The van der Waals surface area contributed by atoms with Crippen LogP contribution in [-0.4, -0.2) is 28.6 Å². The van der Waals surface area contributed by atoms with Crippen LogP contribution < -0.4 is 5.19 Å². The highest BCUT2D eigenvalue weighted by molar-refractivity contribution is 9.10. The summed E-state index contributed by atoms with van der Waals surface area (Å²) in [6, 6.07) is 7.95. The smallest absolute Gasteiger partial charge is 0.370 e. The van der Waals surface area contributed by atoms with Gasteiger partial charge in [-0.15, -0.1) is 0 Å². The van der Waals surface area contributed by atoms with Crippen LogP contribution in [0.5, 0.6) is 0 Å². The second kappa shape index (κ2) is 7.28. The first kappa shape index (κ1) is 14.9. The molecule has 0 spiro atoms. The Kier molecular flexibility index (Phi) is 6.36. The molecule has 5 heteroatoms. The minimum atomic E-state index is -2.73. The van der Waals surface area contributed by atoms with E-state index in [1.54, 1.807) is 0 Å². The molecule has 0 heterocycles. The van der Waals surface area contributed by atoms with Crippen LogP contribution >= 0.6 is 15.9 Å². The maximum absolute atomic E-state index is 5.83. The summed E-state index contributed by atoms with van der Waals surface area (Å²) in [4.78, 5) is 0. The van der Waals surface area contributed by atoms with Gasteiger partial charge in [0.2, 0.25) is 0 Å². The Hall–Kier alpha value is -0.203. The van der Waals surface area contributed by atoms with Crippen molar-refractivity contribution in [1.82, 2.24) is 0 Å². The highest BCUT2D eigenvalue weighted by Crippen LogP contribution is 2.14. The van der Waals surface area contributed by atoms with Crippen molar-refractivity contribution < 1.29 is 13.3 Å². The van der Waals surface area contributed by atoms with Crippen LogP contribution in [0.3, 0.4) is 0 Å². The predicted octanol–water partition coefficient (Wildman–Crippen LogP) is 2.70. The molecule has 0 aromatic heterocycles. The van der Waals surface area contributed by atoms with Crippen molar-refractivity contribution in [3.05, 3.63) is 28.7 Å². The molecule has 17 heavy (non-hydrogen) atoms. The van der Waals surface area contributed by atoms with E-state index in [-0.39, 0.29) is 0 Å². The third-order valence-electron chi connectivity index (χ3n) is 2.18. The third kappa shape index (κ3) is 3.89. The summed E-state index contributed by atoms with van der Waals surface area (Å²) in [6.07, 6.45) is 0. The van der Waals surface area contributed by atoms with Gasteiger partial charge in [0.15, 0.2) is 0 Å². The Morgan fingerprint density at radius 1 is 1.00 bits per heavy atom. The van der Waals surface area contributed by atoms with Crippen LogP contribution in [0.4, 0.5) is 0 Å². The molecule has 3 nitrogen and oxygen atoms in total. The Morgan fingerprint density at radius 2 is 1.53 bits per heavy atom. The van der Waals surface area contributed by atoms with Gasteiger partial charge in [0.05, 0.1) is 0 Å². The zero-order chi connectivity index (χ0) is 12.7. The van der Waals surface area contributed by atoms with Crippen LogP contribution in [0, 0.1) is 0 Å². The zero-order valence-corrected chi connectivity index (χ0v) is 13.1. The molecule has 0 aliphatic rings. The van der Waals surface area contributed by atoms with Crippen molar-refractivity contribution in [2.75, 3.05) is 19.8 Å². The van der Waals surface area contributed by atoms with Gasteiger partial charge in [0.25, 0.3) is 0 Å². The summed E-state index contributed by atoms with van der Waals surface area (Å²) < 4.78 is 18.5. The molecule has 0 aliphatic carbocycles. The first-order valence-corrected chi connectivity index (χ1v) is 8.38. The van der Waals surface area contributed by atoms with Gasteiger partial charge in [0.1, 0.15) is 0 Å². The summed E-state index contributed by atoms with van der Waals surface area (Å²) in [6.45, 7) is 7.61. The Labute approximate surface area is 113 Å². The van der Waals surface area contributed by atoms with Crippen molar-refractivity contribution in [3.63, 3.8) is 0 Å². The van der Waals surface area contributed by atoms with E-state index < -0.39 is 8.80 Å². The monoisotopic (exact) mass is 318 g/mol. The van der Waals surface area contributed by atoms with Gasteiger partial charge < -0.3 is 13.3 Å². The fourth-order valence-electron chi connectivity index (χ4n) is 1.62. The normalized spacial score (nSPS) is 11.8. The highest BCUT2D eigenvalue weighted by atomic mass is 79.9. The molecule has 0 atom stereocenters. The Balaban J connectivity index is 3.09. The Bertz CT molecular complexity index is 329. The summed E-state index contributed by atoms with van der Waals surface area (Å²) in [5, 5.41) is 0.998. The predicted molar refractivity (Wildman–Crippen MR) is 74.4 cm³/mol. The zero-order valence-electron chi connectivity index (χ0n) is 10.5. The molecule has 0 radical (unpaired) electrons. The molecule has 0 amide bonds. The lowest BCUT2D eigenvalue weighted by molar-refractivity contribution is 0.0859. The molecular weight excluding hydrogens is 300 g/mol. The molecule has 1 rings (SSSR count). The molecule has 0 bridgehead atoms. The summed E-state index contributed by atoms with van der Waals surface area (Å²) in [7, 11) is -2.73. The highest BCUT2D eigenvalue weighted by Gasteiger charge is 2.43. The van der Waals surface area contributed by atoms with Gasteiger partial charge in [-0.2, -0.15) is 0 Å². The fraction of sp³-hybridized carbons (Fsp3) is 0.500. The maximum atomic E-state index is 5.83. The van der Waals surface area contributed by atoms with Gasteiger partial charge in [-0.3, -0.25) is 0 Å². The van der Waals surface area contributed by atoms with Crippen LogP contribution in [0.2, 0.25) is 0 Å². The topological polar surface area (TPSA) is 27.7 Å². The minimum Gasteiger partial charge on any atom is -0.370 e. The SMILES string of the molecule is CCO[Si](OCC)(OCC)c1cccc(Br)c1. The molecule has 96 valence electrons. The summed E-state index contributed by atoms with van der Waals surface area (Å²) in [5.41, 5.74) is 0. The average Bonchev–Trinajstić information content (AvgIpc) is 2.30. The van der Waals surface area contributed by atoms with E-state index in [9.17, 15) is 0 Å². The number of hydrogen-bond donors (Lipinski definition) is 0. The molecule has 0 saturated carbocycles. The fourth-order valence-corrected chi connectivity index (χ4v) is 4.76. The minimum absolute atomic E-state index is 0.582. The number of hydrogen-bond acceptors (Lipinski definition) is 3. The summed E-state index contributed by atoms with van der Waals surface area (Å²) >= 11 is 3.46. The number of benzene rings is 1. The first-order valence-electron chi connectivity index (χ1n) is 5.86. The van der Waals surface area contributed by atoms with Crippen LogP contribution in [0.1, 0.15) is 20.8 Å². The molecule has 0 fully saturated rings. The second-order valence-electron chi connectivity index (χ2n) is 3.37. The number of halogens is 1. The van der Waals surface area contributed by atoms with Crippen molar-refractivity contribution in [3.8, 4) is 0 Å². The van der Waals surface area contributed by atoms with E-state index in [4.69, 9.17) is 13.3 Å². The van der Waals surface area contributed by atoms with Gasteiger partial charge in [0, 0.05) is 29.5 Å². The lowest BCUT2D eigenvalue weighted by Crippen LogP contribution is -2.56. The van der Waals surface area contributed by atoms with Crippen LogP contribution in [-0.2, 0) is 13.3 Å². The lowest BCUT2D eigenvalue weighted by atomic mass is 10.4. The standard InChI is InChI=1S/C12H19BrO3Si/c1-4-14-17(15-5-2,16-6-3)12-9-7-8-11(13)10-12/h7-10H,4-6H2,1-3H3. The van der Waals surface area contributed by atoms with E-state index >= 15 is 0 Å². The maximum Gasteiger partial charge on any atom is 0.537 e. The summed E-state index contributed by atoms with van der Waals surface area (Å²) in [5.74, 6) is 0. The van der Waals surface area contributed by atoms with Crippen LogP contribution in [0.15, 0.2) is 28.7 Å². The van der Waals surface area contributed by atoms with E-state index in [1.165, 1.54) is 0 Å². The van der Waals surface area contributed by atoms with E-state index in [1.807, 2.05) is 45.0 Å². The van der Waals surface area contributed by atoms with E-state index in [0.29, 0.717) is 19.8 Å². The van der Waals surface area contributed by atoms with Crippen molar-refractivity contribution >= 4 is 29.9 Å². The quantitative estimate of drug-likeness (QED) is 0.723. The van der Waals surface area contributed by atoms with E-state index in [2.05, 4.69) is 15.9 Å².